The maximum Gasteiger partial charge on any atom is 0.227 e. The lowest BCUT2D eigenvalue weighted by Gasteiger charge is -2.01. The average Bonchev–Trinajstić information content (AvgIpc) is 2.61. The molecule has 3 nitrogen and oxygen atoms in total. The zero-order chi connectivity index (χ0) is 9.26. The molecular formula is C10H10N2O. The van der Waals surface area contributed by atoms with E-state index in [-0.39, 0.29) is 0 Å². The number of benzene rings is 1. The van der Waals surface area contributed by atoms with E-state index in [2.05, 4.69) is 4.98 Å². The van der Waals surface area contributed by atoms with Crippen molar-refractivity contribution in [3.8, 4) is 11.5 Å². The van der Waals surface area contributed by atoms with Crippen molar-refractivity contribution in [1.82, 2.24) is 4.98 Å². The van der Waals surface area contributed by atoms with Crippen molar-refractivity contribution >= 4 is 5.69 Å². The van der Waals surface area contributed by atoms with Gasteiger partial charge in [0.1, 0.15) is 6.26 Å². The van der Waals surface area contributed by atoms with Crippen molar-refractivity contribution in [3.05, 3.63) is 36.2 Å². The van der Waals surface area contributed by atoms with Gasteiger partial charge in [-0.15, -0.1) is 0 Å². The molecule has 0 unspecified atom stereocenters. The molecule has 0 aliphatic rings. The smallest absolute Gasteiger partial charge is 0.227 e. The highest BCUT2D eigenvalue weighted by atomic mass is 16.3. The highest BCUT2D eigenvalue weighted by Crippen LogP contribution is 2.24. The molecule has 1 aromatic heterocycles. The van der Waals surface area contributed by atoms with Crippen LogP contribution >= 0.6 is 0 Å². The fraction of sp³-hybridized carbons (Fsp3) is 0.100. The Hall–Kier alpha value is -1.77. The monoisotopic (exact) mass is 174 g/mol. The van der Waals surface area contributed by atoms with Gasteiger partial charge in [0.2, 0.25) is 5.89 Å². The molecular weight excluding hydrogens is 164 g/mol. The summed E-state index contributed by atoms with van der Waals surface area (Å²) in [5.41, 5.74) is 8.46. The van der Waals surface area contributed by atoms with E-state index < -0.39 is 0 Å². The van der Waals surface area contributed by atoms with Crippen LogP contribution in [0, 0.1) is 6.92 Å². The molecule has 0 saturated carbocycles. The molecule has 13 heavy (non-hydrogen) atoms. The first-order chi connectivity index (χ1) is 6.27. The first-order valence-corrected chi connectivity index (χ1v) is 4.03. The number of hydrogen-bond acceptors (Lipinski definition) is 3. The minimum absolute atomic E-state index is 0.571. The van der Waals surface area contributed by atoms with Crippen LogP contribution in [0.1, 0.15) is 5.56 Å². The van der Waals surface area contributed by atoms with Gasteiger partial charge in [0.25, 0.3) is 0 Å². The second kappa shape index (κ2) is 2.94. The van der Waals surface area contributed by atoms with Crippen LogP contribution in [0.5, 0.6) is 0 Å². The summed E-state index contributed by atoms with van der Waals surface area (Å²) in [5, 5.41) is 0. The summed E-state index contributed by atoms with van der Waals surface area (Å²) in [4.78, 5) is 4.04. The van der Waals surface area contributed by atoms with Gasteiger partial charge in [0, 0.05) is 5.69 Å². The SMILES string of the molecule is Cc1ccc(N)c(-c2ncco2)c1. The third-order valence-electron chi connectivity index (χ3n) is 1.87. The topological polar surface area (TPSA) is 52.0 Å². The van der Waals surface area contributed by atoms with Crippen molar-refractivity contribution in [1.29, 1.82) is 0 Å². The molecule has 66 valence electrons. The molecule has 0 spiro atoms. The normalized spacial score (nSPS) is 10.2. The molecule has 0 radical (unpaired) electrons. The van der Waals surface area contributed by atoms with Gasteiger partial charge in [-0.25, -0.2) is 4.98 Å². The fourth-order valence-corrected chi connectivity index (χ4v) is 1.21. The number of aromatic nitrogens is 1. The highest BCUT2D eigenvalue weighted by Gasteiger charge is 2.05. The lowest BCUT2D eigenvalue weighted by molar-refractivity contribution is 0.575. The van der Waals surface area contributed by atoms with Crippen molar-refractivity contribution in [3.63, 3.8) is 0 Å². The van der Waals surface area contributed by atoms with Crippen LogP contribution in [0.3, 0.4) is 0 Å². The van der Waals surface area contributed by atoms with Crippen LogP contribution in [0.4, 0.5) is 5.69 Å². The molecule has 0 aliphatic carbocycles. The quantitative estimate of drug-likeness (QED) is 0.674. The maximum absolute atomic E-state index is 5.78. The molecule has 0 aliphatic heterocycles. The second-order valence-corrected chi connectivity index (χ2v) is 2.93. The van der Waals surface area contributed by atoms with Crippen molar-refractivity contribution < 1.29 is 4.42 Å². The molecule has 2 N–H and O–H groups in total. The summed E-state index contributed by atoms with van der Waals surface area (Å²) < 4.78 is 5.16. The van der Waals surface area contributed by atoms with Crippen molar-refractivity contribution in [2.75, 3.05) is 5.73 Å². The highest BCUT2D eigenvalue weighted by molar-refractivity contribution is 5.70. The minimum Gasteiger partial charge on any atom is -0.444 e. The Bertz CT molecular complexity index is 407. The zero-order valence-electron chi connectivity index (χ0n) is 7.32. The number of rotatable bonds is 1. The summed E-state index contributed by atoms with van der Waals surface area (Å²) in [6, 6.07) is 5.78. The lowest BCUT2D eigenvalue weighted by atomic mass is 10.1. The minimum atomic E-state index is 0.571. The molecule has 0 bridgehead atoms. The summed E-state index contributed by atoms with van der Waals surface area (Å²) in [7, 11) is 0. The van der Waals surface area contributed by atoms with Crippen molar-refractivity contribution in [2.24, 2.45) is 0 Å². The molecule has 2 aromatic rings. The molecule has 0 saturated heterocycles. The number of anilines is 1. The largest absolute Gasteiger partial charge is 0.444 e. The fourth-order valence-electron chi connectivity index (χ4n) is 1.21. The van der Waals surface area contributed by atoms with Crippen LogP contribution in [-0.4, -0.2) is 4.98 Å². The van der Waals surface area contributed by atoms with Crippen LogP contribution in [0.2, 0.25) is 0 Å². The summed E-state index contributed by atoms with van der Waals surface area (Å²) in [6.45, 7) is 2.01. The van der Waals surface area contributed by atoms with Gasteiger partial charge in [0.15, 0.2) is 0 Å². The molecule has 0 fully saturated rings. The van der Waals surface area contributed by atoms with Crippen molar-refractivity contribution in [2.45, 2.75) is 6.92 Å². The maximum atomic E-state index is 5.78. The first kappa shape index (κ1) is 7.86. The van der Waals surface area contributed by atoms with Gasteiger partial charge in [-0.05, 0) is 19.1 Å². The number of nitrogens with two attached hydrogens (primary N) is 1. The first-order valence-electron chi connectivity index (χ1n) is 4.03. The van der Waals surface area contributed by atoms with E-state index in [1.165, 1.54) is 6.26 Å². The molecule has 3 heteroatoms. The predicted molar refractivity (Wildman–Crippen MR) is 51.1 cm³/mol. The van der Waals surface area contributed by atoms with E-state index in [0.29, 0.717) is 11.6 Å². The van der Waals surface area contributed by atoms with Crippen LogP contribution < -0.4 is 5.73 Å². The number of nitrogens with zero attached hydrogens (tertiary/aromatic N) is 1. The van der Waals surface area contributed by atoms with E-state index in [4.69, 9.17) is 10.2 Å². The Morgan fingerprint density at radius 3 is 2.92 bits per heavy atom. The Balaban J connectivity index is 2.57. The van der Waals surface area contributed by atoms with E-state index >= 15 is 0 Å². The zero-order valence-corrected chi connectivity index (χ0v) is 7.32. The predicted octanol–water partition coefficient (Wildman–Crippen LogP) is 2.23. The van der Waals surface area contributed by atoms with E-state index in [9.17, 15) is 0 Å². The van der Waals surface area contributed by atoms with Gasteiger partial charge < -0.3 is 10.2 Å². The standard InChI is InChI=1S/C10H10N2O/c1-7-2-3-9(11)8(6-7)10-12-4-5-13-10/h2-6H,11H2,1H3. The third-order valence-corrected chi connectivity index (χ3v) is 1.87. The number of hydrogen-bond donors (Lipinski definition) is 1. The van der Waals surface area contributed by atoms with Crippen LogP contribution in [0.25, 0.3) is 11.5 Å². The second-order valence-electron chi connectivity index (χ2n) is 2.93. The molecule has 2 rings (SSSR count). The Kier molecular flexibility index (Phi) is 1.77. The number of nitrogen functional groups attached to an aromatic ring is 1. The van der Waals surface area contributed by atoms with E-state index in [0.717, 1.165) is 11.1 Å². The van der Waals surface area contributed by atoms with E-state index in [1.807, 2.05) is 25.1 Å². The molecule has 0 amide bonds. The number of aryl methyl sites for hydroxylation is 1. The number of oxazole rings is 1. The molecule has 1 heterocycles. The van der Waals surface area contributed by atoms with Crippen LogP contribution in [0.15, 0.2) is 35.1 Å². The molecule has 1 aromatic carbocycles. The van der Waals surface area contributed by atoms with Gasteiger partial charge in [0.05, 0.1) is 11.8 Å². The summed E-state index contributed by atoms with van der Waals surface area (Å²) in [5.74, 6) is 0.571. The Morgan fingerprint density at radius 2 is 2.23 bits per heavy atom. The van der Waals surface area contributed by atoms with Gasteiger partial charge >= 0.3 is 0 Å². The van der Waals surface area contributed by atoms with E-state index in [1.54, 1.807) is 6.20 Å². The summed E-state index contributed by atoms with van der Waals surface area (Å²) in [6.07, 6.45) is 3.15. The Morgan fingerprint density at radius 1 is 1.38 bits per heavy atom. The Labute approximate surface area is 76.2 Å². The van der Waals surface area contributed by atoms with Gasteiger partial charge in [-0.2, -0.15) is 0 Å². The third kappa shape index (κ3) is 1.40. The molecule has 0 atom stereocenters. The van der Waals surface area contributed by atoms with Gasteiger partial charge in [-0.1, -0.05) is 11.6 Å². The van der Waals surface area contributed by atoms with Crippen LogP contribution in [-0.2, 0) is 0 Å². The lowest BCUT2D eigenvalue weighted by Crippen LogP contribution is -1.90. The van der Waals surface area contributed by atoms with Gasteiger partial charge in [-0.3, -0.25) is 0 Å². The summed E-state index contributed by atoms with van der Waals surface area (Å²) >= 11 is 0. The average molecular weight is 174 g/mol.